The lowest BCUT2D eigenvalue weighted by Crippen LogP contribution is -2.38. The summed E-state index contributed by atoms with van der Waals surface area (Å²) in [7, 11) is 0. The molecular weight excluding hydrogens is 244 g/mol. The van der Waals surface area contributed by atoms with Crippen molar-refractivity contribution in [3.63, 3.8) is 0 Å². The number of allylic oxidation sites excluding steroid dienone is 1. The number of hydrogen-bond acceptors (Lipinski definition) is 2. The standard InChI is InChI=1S/C18H28N2/c1-8-18(7)14(6)13(5)16-10-15(19-11(2)3)9-12(4)17(16)20-18/h9-11,19-20H,8H2,1-7H3. The van der Waals surface area contributed by atoms with Crippen molar-refractivity contribution in [2.75, 3.05) is 10.6 Å². The third-order valence-corrected chi connectivity index (χ3v) is 4.69. The molecule has 1 aliphatic heterocycles. The molecule has 1 aliphatic rings. The number of nitrogens with one attached hydrogen (secondary N) is 2. The highest BCUT2D eigenvalue weighted by atomic mass is 15.0. The van der Waals surface area contributed by atoms with Gasteiger partial charge in [-0.1, -0.05) is 6.92 Å². The first kappa shape index (κ1) is 15.0. The molecule has 20 heavy (non-hydrogen) atoms. The molecule has 0 fully saturated rings. The molecule has 2 rings (SSSR count). The van der Waals surface area contributed by atoms with Gasteiger partial charge in [-0.3, -0.25) is 0 Å². The zero-order valence-corrected chi connectivity index (χ0v) is 13.9. The molecule has 0 amide bonds. The van der Waals surface area contributed by atoms with Crippen LogP contribution in [0.5, 0.6) is 0 Å². The summed E-state index contributed by atoms with van der Waals surface area (Å²) >= 11 is 0. The monoisotopic (exact) mass is 272 g/mol. The predicted molar refractivity (Wildman–Crippen MR) is 90.5 cm³/mol. The molecular formula is C18H28N2. The third kappa shape index (κ3) is 2.44. The van der Waals surface area contributed by atoms with E-state index in [1.165, 1.54) is 33.6 Å². The van der Waals surface area contributed by atoms with E-state index in [1.54, 1.807) is 0 Å². The second-order valence-corrected chi connectivity index (χ2v) is 6.58. The van der Waals surface area contributed by atoms with Crippen LogP contribution in [0, 0.1) is 6.92 Å². The van der Waals surface area contributed by atoms with Gasteiger partial charge in [0, 0.05) is 23.0 Å². The maximum atomic E-state index is 3.77. The van der Waals surface area contributed by atoms with Crippen molar-refractivity contribution in [3.8, 4) is 0 Å². The summed E-state index contributed by atoms with van der Waals surface area (Å²) in [5.41, 5.74) is 8.12. The molecule has 2 heteroatoms. The summed E-state index contributed by atoms with van der Waals surface area (Å²) in [5.74, 6) is 0. The van der Waals surface area contributed by atoms with Gasteiger partial charge in [0.25, 0.3) is 0 Å². The fourth-order valence-corrected chi connectivity index (χ4v) is 3.00. The molecule has 0 saturated carbocycles. The van der Waals surface area contributed by atoms with Crippen LogP contribution >= 0.6 is 0 Å². The highest BCUT2D eigenvalue weighted by Gasteiger charge is 2.31. The fourth-order valence-electron chi connectivity index (χ4n) is 3.00. The third-order valence-electron chi connectivity index (χ3n) is 4.69. The van der Waals surface area contributed by atoms with E-state index in [4.69, 9.17) is 0 Å². The van der Waals surface area contributed by atoms with Gasteiger partial charge in [0.05, 0.1) is 5.54 Å². The quantitative estimate of drug-likeness (QED) is 0.790. The van der Waals surface area contributed by atoms with E-state index < -0.39 is 0 Å². The molecule has 1 aromatic rings. The summed E-state index contributed by atoms with van der Waals surface area (Å²) in [6, 6.07) is 4.98. The Balaban J connectivity index is 2.56. The number of hydrogen-bond donors (Lipinski definition) is 2. The largest absolute Gasteiger partial charge is 0.383 e. The van der Waals surface area contributed by atoms with Gasteiger partial charge >= 0.3 is 0 Å². The van der Waals surface area contributed by atoms with Gasteiger partial charge in [-0.25, -0.2) is 0 Å². The highest BCUT2D eigenvalue weighted by molar-refractivity contribution is 5.86. The summed E-state index contributed by atoms with van der Waals surface area (Å²) in [6.07, 6.45) is 1.10. The van der Waals surface area contributed by atoms with Crippen LogP contribution in [0.3, 0.4) is 0 Å². The average Bonchev–Trinajstić information content (AvgIpc) is 2.37. The molecule has 1 unspecified atom stereocenters. The Morgan fingerprint density at radius 3 is 2.40 bits per heavy atom. The number of fused-ring (bicyclic) bond motifs is 1. The summed E-state index contributed by atoms with van der Waals surface area (Å²) in [4.78, 5) is 0. The normalized spacial score (nSPS) is 21.8. The zero-order chi connectivity index (χ0) is 15.1. The van der Waals surface area contributed by atoms with E-state index >= 15 is 0 Å². The second-order valence-electron chi connectivity index (χ2n) is 6.58. The van der Waals surface area contributed by atoms with Crippen LogP contribution in [0.25, 0.3) is 5.57 Å². The number of anilines is 2. The SMILES string of the molecule is CCC1(C)Nc2c(C)cc(NC(C)C)cc2C(C)=C1C. The van der Waals surface area contributed by atoms with Crippen molar-refractivity contribution in [1.82, 2.24) is 0 Å². The zero-order valence-electron chi connectivity index (χ0n) is 13.9. The van der Waals surface area contributed by atoms with Gasteiger partial charge in [-0.2, -0.15) is 0 Å². The van der Waals surface area contributed by atoms with Gasteiger partial charge in [0.1, 0.15) is 0 Å². The minimum absolute atomic E-state index is 0.0782. The topological polar surface area (TPSA) is 24.1 Å². The maximum absolute atomic E-state index is 3.77. The van der Waals surface area contributed by atoms with Gasteiger partial charge in [0.2, 0.25) is 0 Å². The lowest BCUT2D eigenvalue weighted by atomic mass is 9.80. The number of rotatable bonds is 3. The van der Waals surface area contributed by atoms with E-state index in [0.29, 0.717) is 6.04 Å². The van der Waals surface area contributed by atoms with Crippen LogP contribution < -0.4 is 10.6 Å². The van der Waals surface area contributed by atoms with Crippen LogP contribution in [-0.4, -0.2) is 11.6 Å². The molecule has 1 heterocycles. The fraction of sp³-hybridized carbons (Fsp3) is 0.556. The van der Waals surface area contributed by atoms with Crippen molar-refractivity contribution < 1.29 is 0 Å². The van der Waals surface area contributed by atoms with E-state index in [2.05, 4.69) is 71.2 Å². The molecule has 2 nitrogen and oxygen atoms in total. The Hall–Kier alpha value is -1.44. The Bertz CT molecular complexity index is 555. The lowest BCUT2D eigenvalue weighted by molar-refractivity contribution is 0.572. The molecule has 2 N–H and O–H groups in total. The van der Waals surface area contributed by atoms with Crippen molar-refractivity contribution >= 4 is 16.9 Å². The first-order chi connectivity index (χ1) is 9.28. The Kier molecular flexibility index (Phi) is 3.86. The molecule has 110 valence electrons. The second kappa shape index (κ2) is 5.16. The average molecular weight is 272 g/mol. The minimum atomic E-state index is 0.0782. The Morgan fingerprint density at radius 2 is 1.85 bits per heavy atom. The molecule has 0 aliphatic carbocycles. The summed E-state index contributed by atoms with van der Waals surface area (Å²) in [6.45, 7) is 15.6. The first-order valence-electron chi connectivity index (χ1n) is 7.66. The van der Waals surface area contributed by atoms with Crippen molar-refractivity contribution in [1.29, 1.82) is 0 Å². The van der Waals surface area contributed by atoms with E-state index in [1.807, 2.05) is 0 Å². The molecule has 1 atom stereocenters. The van der Waals surface area contributed by atoms with Gasteiger partial charge in [0.15, 0.2) is 0 Å². The number of aryl methyl sites for hydroxylation is 1. The number of benzene rings is 1. The Labute approximate surface area is 123 Å². The van der Waals surface area contributed by atoms with Crippen molar-refractivity contribution in [2.45, 2.75) is 66.5 Å². The van der Waals surface area contributed by atoms with Gasteiger partial charge in [-0.05, 0) is 76.8 Å². The Morgan fingerprint density at radius 1 is 1.20 bits per heavy atom. The van der Waals surface area contributed by atoms with Crippen LogP contribution in [0.1, 0.15) is 59.1 Å². The predicted octanol–water partition coefficient (Wildman–Crippen LogP) is 5.20. The summed E-state index contributed by atoms with van der Waals surface area (Å²) in [5, 5.41) is 7.28. The first-order valence-corrected chi connectivity index (χ1v) is 7.66. The van der Waals surface area contributed by atoms with Crippen LogP contribution in [0.15, 0.2) is 17.7 Å². The van der Waals surface area contributed by atoms with E-state index in [0.717, 1.165) is 6.42 Å². The van der Waals surface area contributed by atoms with Crippen molar-refractivity contribution in [3.05, 3.63) is 28.8 Å². The van der Waals surface area contributed by atoms with E-state index in [-0.39, 0.29) is 5.54 Å². The lowest BCUT2D eigenvalue weighted by Gasteiger charge is -2.39. The smallest absolute Gasteiger partial charge is 0.0558 e. The van der Waals surface area contributed by atoms with Crippen LogP contribution in [0.4, 0.5) is 11.4 Å². The molecule has 0 spiro atoms. The molecule has 0 bridgehead atoms. The maximum Gasteiger partial charge on any atom is 0.0558 e. The molecule has 1 aromatic carbocycles. The molecule has 0 radical (unpaired) electrons. The molecule has 0 aromatic heterocycles. The van der Waals surface area contributed by atoms with Gasteiger partial charge < -0.3 is 10.6 Å². The van der Waals surface area contributed by atoms with Crippen LogP contribution in [0.2, 0.25) is 0 Å². The summed E-state index contributed by atoms with van der Waals surface area (Å²) < 4.78 is 0. The highest BCUT2D eigenvalue weighted by Crippen LogP contribution is 2.42. The van der Waals surface area contributed by atoms with Crippen molar-refractivity contribution in [2.24, 2.45) is 0 Å². The van der Waals surface area contributed by atoms with E-state index in [9.17, 15) is 0 Å². The van der Waals surface area contributed by atoms with Gasteiger partial charge in [-0.15, -0.1) is 0 Å². The minimum Gasteiger partial charge on any atom is -0.383 e. The molecule has 0 saturated heterocycles. The van der Waals surface area contributed by atoms with Crippen LogP contribution in [-0.2, 0) is 0 Å².